The largest absolute Gasteiger partial charge is 0.361 e. The van der Waals surface area contributed by atoms with Gasteiger partial charge in [-0.1, -0.05) is 22.8 Å². The summed E-state index contributed by atoms with van der Waals surface area (Å²) in [6.07, 6.45) is 3.58. The predicted octanol–water partition coefficient (Wildman–Crippen LogP) is 5.62. The number of pyridine rings is 2. The molecule has 0 radical (unpaired) electrons. The summed E-state index contributed by atoms with van der Waals surface area (Å²) in [5, 5.41) is 5.58. The number of fused-ring (bicyclic) bond motifs is 3. The van der Waals surface area contributed by atoms with Gasteiger partial charge in [-0.3, -0.25) is 9.97 Å². The Hall–Kier alpha value is -3.03. The molecule has 29 heavy (non-hydrogen) atoms. The van der Waals surface area contributed by atoms with Crippen molar-refractivity contribution < 1.29 is 4.52 Å². The van der Waals surface area contributed by atoms with Gasteiger partial charge in [0.15, 0.2) is 4.77 Å². The average Bonchev–Trinajstić information content (AvgIpc) is 3.21. The molecule has 0 aliphatic carbocycles. The van der Waals surface area contributed by atoms with Crippen LogP contribution >= 0.6 is 23.8 Å². The van der Waals surface area contributed by atoms with Gasteiger partial charge in [0.2, 0.25) is 0 Å². The van der Waals surface area contributed by atoms with Crippen molar-refractivity contribution >= 4 is 45.8 Å². The molecule has 0 atom stereocenters. The summed E-state index contributed by atoms with van der Waals surface area (Å²) in [7, 11) is 0. The third kappa shape index (κ3) is 2.94. The highest BCUT2D eigenvalue weighted by atomic mass is 35.5. The second-order valence-corrected chi connectivity index (χ2v) is 7.70. The van der Waals surface area contributed by atoms with Crippen LogP contribution in [0.4, 0.5) is 0 Å². The van der Waals surface area contributed by atoms with Crippen molar-refractivity contribution in [2.75, 3.05) is 0 Å². The fourth-order valence-corrected chi connectivity index (χ4v) is 4.25. The van der Waals surface area contributed by atoms with Gasteiger partial charge in [-0.25, -0.2) is 0 Å². The third-order valence-electron chi connectivity index (χ3n) is 5.03. The van der Waals surface area contributed by atoms with Crippen LogP contribution in [0.1, 0.15) is 17.1 Å². The zero-order valence-corrected chi connectivity index (χ0v) is 17.3. The molecule has 0 spiro atoms. The van der Waals surface area contributed by atoms with Crippen LogP contribution in [0, 0.1) is 18.6 Å². The quantitative estimate of drug-likeness (QED) is 0.383. The van der Waals surface area contributed by atoms with Gasteiger partial charge >= 0.3 is 0 Å². The zero-order valence-electron chi connectivity index (χ0n) is 15.7. The lowest BCUT2D eigenvalue weighted by molar-refractivity contribution is 0.393. The molecule has 1 aromatic carbocycles. The maximum atomic E-state index is 6.70. The van der Waals surface area contributed by atoms with E-state index in [2.05, 4.69) is 20.1 Å². The highest BCUT2D eigenvalue weighted by Gasteiger charge is 2.18. The normalized spacial score (nSPS) is 11.6. The van der Waals surface area contributed by atoms with E-state index in [0.717, 1.165) is 50.2 Å². The van der Waals surface area contributed by atoms with E-state index in [1.807, 2.05) is 48.7 Å². The van der Waals surface area contributed by atoms with Crippen molar-refractivity contribution in [2.45, 2.75) is 20.4 Å². The first-order valence-corrected chi connectivity index (χ1v) is 9.85. The molecule has 0 bridgehead atoms. The molecule has 0 amide bonds. The Labute approximate surface area is 176 Å². The van der Waals surface area contributed by atoms with Crippen molar-refractivity contribution in [2.24, 2.45) is 0 Å². The van der Waals surface area contributed by atoms with E-state index in [1.165, 1.54) is 0 Å². The summed E-state index contributed by atoms with van der Waals surface area (Å²) in [5.74, 6) is 0.726. The van der Waals surface area contributed by atoms with Gasteiger partial charge in [0, 0.05) is 27.7 Å². The lowest BCUT2D eigenvalue weighted by Crippen LogP contribution is -2.02. The number of rotatable bonds is 3. The number of H-pyrrole nitrogens is 1. The molecule has 0 fully saturated rings. The molecule has 0 aliphatic heterocycles. The minimum absolute atomic E-state index is 0.558. The van der Waals surface area contributed by atoms with Crippen LogP contribution in [0.2, 0.25) is 5.02 Å². The summed E-state index contributed by atoms with van der Waals surface area (Å²) in [5.41, 5.74) is 6.11. The SMILES string of the molecule is Cc1noc(C)c1-c1cc2ncc3[nH]c(=S)n(Cc4ccccn4)c3c2cc1Cl. The highest BCUT2D eigenvalue weighted by molar-refractivity contribution is 7.71. The summed E-state index contributed by atoms with van der Waals surface area (Å²) >= 11 is 12.3. The molecular formula is C21H16ClN5OS. The molecule has 5 rings (SSSR count). The molecule has 0 unspecified atom stereocenters. The molecular weight excluding hydrogens is 406 g/mol. The third-order valence-corrected chi connectivity index (χ3v) is 5.67. The fourth-order valence-electron chi connectivity index (χ4n) is 3.73. The Morgan fingerprint density at radius 1 is 1.21 bits per heavy atom. The van der Waals surface area contributed by atoms with Crippen LogP contribution < -0.4 is 0 Å². The van der Waals surface area contributed by atoms with Gasteiger partial charge in [0.05, 0.1) is 40.7 Å². The first kappa shape index (κ1) is 18.0. The number of imidazole rings is 1. The number of halogens is 1. The molecule has 5 aromatic rings. The lowest BCUT2D eigenvalue weighted by atomic mass is 10.0. The van der Waals surface area contributed by atoms with Crippen LogP contribution in [-0.4, -0.2) is 24.7 Å². The summed E-state index contributed by atoms with van der Waals surface area (Å²) < 4.78 is 7.96. The van der Waals surface area contributed by atoms with Gasteiger partial charge in [0.25, 0.3) is 0 Å². The summed E-state index contributed by atoms with van der Waals surface area (Å²) in [6, 6.07) is 9.75. The van der Waals surface area contributed by atoms with Gasteiger partial charge < -0.3 is 14.1 Å². The van der Waals surface area contributed by atoms with Crippen molar-refractivity contribution in [3.8, 4) is 11.1 Å². The number of aromatic amines is 1. The monoisotopic (exact) mass is 421 g/mol. The van der Waals surface area contributed by atoms with E-state index in [4.69, 9.17) is 28.3 Å². The molecule has 0 saturated heterocycles. The Kier molecular flexibility index (Phi) is 4.22. The Morgan fingerprint density at radius 3 is 2.79 bits per heavy atom. The molecule has 6 nitrogen and oxygen atoms in total. The first-order valence-electron chi connectivity index (χ1n) is 9.07. The molecule has 0 aliphatic rings. The maximum absolute atomic E-state index is 6.70. The number of hydrogen-bond acceptors (Lipinski definition) is 5. The topological polar surface area (TPSA) is 72.5 Å². The van der Waals surface area contributed by atoms with Crippen molar-refractivity contribution in [3.63, 3.8) is 0 Å². The van der Waals surface area contributed by atoms with Crippen molar-refractivity contribution in [1.29, 1.82) is 0 Å². The first-order chi connectivity index (χ1) is 14.0. The number of nitrogens with one attached hydrogen (secondary N) is 1. The standard InChI is InChI=1S/C21H16ClN5OS/c1-11-19(12(2)28-26-11)14-8-17-15(7-16(14)22)20-18(9-24-17)25-21(29)27(20)10-13-5-3-4-6-23-13/h3-9H,10H2,1-2H3,(H,25,29). The van der Waals surface area contributed by atoms with Crippen LogP contribution in [-0.2, 0) is 6.54 Å². The smallest absolute Gasteiger partial charge is 0.178 e. The van der Waals surface area contributed by atoms with E-state index >= 15 is 0 Å². The average molecular weight is 422 g/mol. The van der Waals surface area contributed by atoms with Crippen molar-refractivity contribution in [3.05, 3.63) is 69.7 Å². The van der Waals surface area contributed by atoms with E-state index in [1.54, 1.807) is 12.4 Å². The minimum Gasteiger partial charge on any atom is -0.361 e. The molecule has 144 valence electrons. The Bertz CT molecular complexity index is 1420. The van der Waals surface area contributed by atoms with Crippen LogP contribution in [0.3, 0.4) is 0 Å². The number of benzene rings is 1. The minimum atomic E-state index is 0.558. The number of hydrogen-bond donors (Lipinski definition) is 1. The van der Waals surface area contributed by atoms with Gasteiger partial charge in [0.1, 0.15) is 5.76 Å². The van der Waals surface area contributed by atoms with E-state index < -0.39 is 0 Å². The fraction of sp³-hybridized carbons (Fsp3) is 0.143. The number of aryl methyl sites for hydroxylation is 2. The zero-order chi connectivity index (χ0) is 20.1. The van der Waals surface area contributed by atoms with Crippen LogP contribution in [0.15, 0.2) is 47.2 Å². The summed E-state index contributed by atoms with van der Waals surface area (Å²) in [4.78, 5) is 12.3. The van der Waals surface area contributed by atoms with E-state index in [-0.39, 0.29) is 0 Å². The van der Waals surface area contributed by atoms with Crippen LogP contribution in [0.5, 0.6) is 0 Å². The molecule has 4 aromatic heterocycles. The predicted molar refractivity (Wildman–Crippen MR) is 116 cm³/mol. The number of aromatic nitrogens is 5. The molecule has 8 heteroatoms. The Balaban J connectivity index is 1.77. The molecule has 0 saturated carbocycles. The lowest BCUT2D eigenvalue weighted by Gasteiger charge is -2.10. The van der Waals surface area contributed by atoms with E-state index in [9.17, 15) is 0 Å². The maximum Gasteiger partial charge on any atom is 0.178 e. The molecule has 4 heterocycles. The second kappa shape index (κ2) is 6.79. The van der Waals surface area contributed by atoms with Gasteiger partial charge in [-0.05, 0) is 50.3 Å². The number of nitrogens with zero attached hydrogens (tertiary/aromatic N) is 4. The van der Waals surface area contributed by atoms with Crippen LogP contribution in [0.25, 0.3) is 33.1 Å². The van der Waals surface area contributed by atoms with Gasteiger partial charge in [-0.2, -0.15) is 0 Å². The second-order valence-electron chi connectivity index (χ2n) is 6.91. The van der Waals surface area contributed by atoms with Crippen molar-refractivity contribution in [1.82, 2.24) is 24.7 Å². The molecule has 1 N–H and O–H groups in total. The Morgan fingerprint density at radius 2 is 2.07 bits per heavy atom. The van der Waals surface area contributed by atoms with E-state index in [0.29, 0.717) is 16.3 Å². The summed E-state index contributed by atoms with van der Waals surface area (Å²) in [6.45, 7) is 4.34. The highest BCUT2D eigenvalue weighted by Crippen LogP contribution is 2.37. The van der Waals surface area contributed by atoms with Gasteiger partial charge in [-0.15, -0.1) is 0 Å².